The number of nitrogens with one attached hydrogen (secondary N) is 1. The average Bonchev–Trinajstić information content (AvgIpc) is 2.70. The van der Waals surface area contributed by atoms with Crippen LogP contribution in [0.4, 0.5) is 0 Å². The zero-order chi connectivity index (χ0) is 14.3. The van der Waals surface area contributed by atoms with Crippen LogP contribution in [-0.4, -0.2) is 36.1 Å². The van der Waals surface area contributed by atoms with Gasteiger partial charge in [0.05, 0.1) is 0 Å². The van der Waals surface area contributed by atoms with E-state index in [1.54, 1.807) is 0 Å². The number of hydrogen-bond donors (Lipinski definition) is 1. The van der Waals surface area contributed by atoms with Gasteiger partial charge in [-0.3, -0.25) is 0 Å². The lowest BCUT2D eigenvalue weighted by atomic mass is 9.72. The van der Waals surface area contributed by atoms with Crippen LogP contribution >= 0.6 is 0 Å². The molecule has 1 heterocycles. The summed E-state index contributed by atoms with van der Waals surface area (Å²) in [5.41, 5.74) is 0. The lowest BCUT2D eigenvalue weighted by Gasteiger charge is -2.50. The summed E-state index contributed by atoms with van der Waals surface area (Å²) in [6, 6.07) is 2.34. The van der Waals surface area contributed by atoms with Crippen molar-refractivity contribution >= 4 is 0 Å². The highest BCUT2D eigenvalue weighted by Gasteiger charge is 2.42. The molecule has 5 atom stereocenters. The molecule has 5 unspecified atom stereocenters. The largest absolute Gasteiger partial charge is 0.310 e. The van der Waals surface area contributed by atoms with Crippen molar-refractivity contribution in [2.45, 2.75) is 77.9 Å². The van der Waals surface area contributed by atoms with Gasteiger partial charge in [-0.1, -0.05) is 20.3 Å². The summed E-state index contributed by atoms with van der Waals surface area (Å²) in [6.07, 6.45) is 7.21. The first-order chi connectivity index (χ1) is 9.56. The maximum atomic E-state index is 4.13. The molecule has 0 radical (unpaired) electrons. The Bertz CT molecular complexity index is 313. The SMILES string of the molecule is CC1CCC(NC2C3CCCC2CN(C(C)C)C3)C1C. The minimum Gasteiger partial charge on any atom is -0.310 e. The predicted octanol–water partition coefficient (Wildman–Crippen LogP) is 3.52. The molecule has 3 fully saturated rings. The van der Waals surface area contributed by atoms with Crippen LogP contribution in [0.25, 0.3) is 0 Å². The van der Waals surface area contributed by atoms with Gasteiger partial charge in [-0.2, -0.15) is 0 Å². The molecule has 3 aliphatic rings. The minimum absolute atomic E-state index is 0.726. The van der Waals surface area contributed by atoms with Crippen LogP contribution in [0.3, 0.4) is 0 Å². The number of piperidine rings is 1. The lowest BCUT2D eigenvalue weighted by molar-refractivity contribution is 0.0228. The molecular formula is C18H34N2. The summed E-state index contributed by atoms with van der Waals surface area (Å²) in [4.78, 5) is 2.73. The van der Waals surface area contributed by atoms with Gasteiger partial charge in [0.1, 0.15) is 0 Å². The van der Waals surface area contributed by atoms with E-state index in [1.165, 1.54) is 45.2 Å². The van der Waals surface area contributed by atoms with Crippen molar-refractivity contribution in [2.75, 3.05) is 13.1 Å². The molecule has 1 N–H and O–H groups in total. The first kappa shape index (κ1) is 14.8. The summed E-state index contributed by atoms with van der Waals surface area (Å²) in [6.45, 7) is 12.3. The Morgan fingerprint density at radius 1 is 0.950 bits per heavy atom. The van der Waals surface area contributed by atoms with Crippen molar-refractivity contribution in [3.8, 4) is 0 Å². The van der Waals surface area contributed by atoms with Gasteiger partial charge in [0.25, 0.3) is 0 Å². The summed E-state index contributed by atoms with van der Waals surface area (Å²) in [7, 11) is 0. The van der Waals surface area contributed by atoms with Crippen molar-refractivity contribution in [1.29, 1.82) is 0 Å². The molecule has 2 aliphatic carbocycles. The molecule has 2 bridgehead atoms. The monoisotopic (exact) mass is 278 g/mol. The fourth-order valence-corrected chi connectivity index (χ4v) is 5.01. The highest BCUT2D eigenvalue weighted by atomic mass is 15.2. The van der Waals surface area contributed by atoms with E-state index in [0.717, 1.165) is 41.8 Å². The summed E-state index contributed by atoms with van der Waals surface area (Å²) >= 11 is 0. The lowest BCUT2D eigenvalue weighted by Crippen LogP contribution is -2.60. The van der Waals surface area contributed by atoms with Gasteiger partial charge in [0.2, 0.25) is 0 Å². The van der Waals surface area contributed by atoms with Gasteiger partial charge in [0.15, 0.2) is 0 Å². The van der Waals surface area contributed by atoms with Crippen LogP contribution < -0.4 is 5.32 Å². The maximum Gasteiger partial charge on any atom is 0.0151 e. The summed E-state index contributed by atoms with van der Waals surface area (Å²) in [5, 5.41) is 4.13. The van der Waals surface area contributed by atoms with Crippen LogP contribution in [0.5, 0.6) is 0 Å². The maximum absolute atomic E-state index is 4.13. The van der Waals surface area contributed by atoms with Gasteiger partial charge >= 0.3 is 0 Å². The molecule has 2 heteroatoms. The molecule has 0 spiro atoms. The van der Waals surface area contributed by atoms with E-state index in [4.69, 9.17) is 0 Å². The van der Waals surface area contributed by atoms with Crippen LogP contribution in [0, 0.1) is 23.7 Å². The second-order valence-electron chi connectivity index (χ2n) is 8.21. The first-order valence-corrected chi connectivity index (χ1v) is 9.06. The van der Waals surface area contributed by atoms with E-state index >= 15 is 0 Å². The zero-order valence-electron chi connectivity index (χ0n) is 13.9. The highest BCUT2D eigenvalue weighted by Crippen LogP contribution is 2.38. The molecule has 0 amide bonds. The quantitative estimate of drug-likeness (QED) is 0.850. The summed E-state index contributed by atoms with van der Waals surface area (Å²) in [5.74, 6) is 3.61. The Labute approximate surface area is 125 Å². The van der Waals surface area contributed by atoms with Crippen LogP contribution in [0.15, 0.2) is 0 Å². The van der Waals surface area contributed by atoms with Crippen molar-refractivity contribution in [3.63, 3.8) is 0 Å². The molecular weight excluding hydrogens is 244 g/mol. The minimum atomic E-state index is 0.726. The fraction of sp³-hybridized carbons (Fsp3) is 1.00. The third-order valence-corrected chi connectivity index (χ3v) is 6.71. The topological polar surface area (TPSA) is 15.3 Å². The fourth-order valence-electron chi connectivity index (χ4n) is 5.01. The molecule has 0 aromatic carbocycles. The molecule has 1 saturated heterocycles. The second-order valence-corrected chi connectivity index (χ2v) is 8.21. The van der Waals surface area contributed by atoms with Gasteiger partial charge in [0, 0.05) is 31.2 Å². The Morgan fingerprint density at radius 2 is 1.60 bits per heavy atom. The van der Waals surface area contributed by atoms with Crippen LogP contribution in [-0.2, 0) is 0 Å². The van der Waals surface area contributed by atoms with E-state index in [9.17, 15) is 0 Å². The Balaban J connectivity index is 1.65. The van der Waals surface area contributed by atoms with Gasteiger partial charge < -0.3 is 10.2 Å². The Kier molecular flexibility index (Phi) is 4.42. The second kappa shape index (κ2) is 5.96. The highest BCUT2D eigenvalue weighted by molar-refractivity contribution is 4.98. The van der Waals surface area contributed by atoms with E-state index in [2.05, 4.69) is 37.9 Å². The normalized spacial score (nSPS) is 46.0. The van der Waals surface area contributed by atoms with Gasteiger partial charge in [-0.15, -0.1) is 0 Å². The molecule has 1 aliphatic heterocycles. The number of nitrogens with zero attached hydrogens (tertiary/aromatic N) is 1. The van der Waals surface area contributed by atoms with E-state index < -0.39 is 0 Å². The third kappa shape index (κ3) is 2.78. The first-order valence-electron chi connectivity index (χ1n) is 9.06. The molecule has 20 heavy (non-hydrogen) atoms. The molecule has 0 aromatic heterocycles. The third-order valence-electron chi connectivity index (χ3n) is 6.71. The standard InChI is InChI=1S/C18H34N2/c1-12(2)20-10-15-6-5-7-16(11-20)18(15)19-17-9-8-13(3)14(17)4/h12-19H,5-11H2,1-4H3. The van der Waals surface area contributed by atoms with E-state index in [0.29, 0.717) is 0 Å². The van der Waals surface area contributed by atoms with Gasteiger partial charge in [-0.25, -0.2) is 0 Å². The predicted molar refractivity (Wildman–Crippen MR) is 85.8 cm³/mol. The van der Waals surface area contributed by atoms with Gasteiger partial charge in [-0.05, 0) is 63.2 Å². The number of hydrogen-bond acceptors (Lipinski definition) is 2. The smallest absolute Gasteiger partial charge is 0.0151 e. The Hall–Kier alpha value is -0.0800. The molecule has 2 saturated carbocycles. The van der Waals surface area contributed by atoms with Crippen molar-refractivity contribution < 1.29 is 0 Å². The van der Waals surface area contributed by atoms with Crippen LogP contribution in [0.2, 0.25) is 0 Å². The Morgan fingerprint density at radius 3 is 2.10 bits per heavy atom. The summed E-state index contributed by atoms with van der Waals surface area (Å²) < 4.78 is 0. The van der Waals surface area contributed by atoms with Crippen LogP contribution in [0.1, 0.15) is 59.8 Å². The number of likely N-dealkylation sites (tertiary alicyclic amines) is 1. The average molecular weight is 278 g/mol. The molecule has 116 valence electrons. The number of fused-ring (bicyclic) bond motifs is 2. The zero-order valence-corrected chi connectivity index (χ0v) is 13.9. The van der Waals surface area contributed by atoms with E-state index in [-0.39, 0.29) is 0 Å². The number of rotatable bonds is 3. The molecule has 3 rings (SSSR count). The van der Waals surface area contributed by atoms with Crippen molar-refractivity contribution in [3.05, 3.63) is 0 Å². The molecule has 0 aromatic rings. The van der Waals surface area contributed by atoms with Crippen molar-refractivity contribution in [1.82, 2.24) is 10.2 Å². The van der Waals surface area contributed by atoms with Crippen molar-refractivity contribution in [2.24, 2.45) is 23.7 Å². The molecule has 2 nitrogen and oxygen atoms in total. The van der Waals surface area contributed by atoms with E-state index in [1.807, 2.05) is 0 Å².